The number of ether oxygens (including phenoxy) is 1. The van der Waals surface area contributed by atoms with Crippen molar-refractivity contribution in [1.29, 1.82) is 0 Å². The first-order valence-corrected chi connectivity index (χ1v) is 9.10. The van der Waals surface area contributed by atoms with E-state index in [4.69, 9.17) is 4.74 Å². The lowest BCUT2D eigenvalue weighted by Gasteiger charge is -2.32. The van der Waals surface area contributed by atoms with E-state index in [9.17, 15) is 23.1 Å². The van der Waals surface area contributed by atoms with Crippen LogP contribution in [0, 0.1) is 12.8 Å². The second-order valence-electron chi connectivity index (χ2n) is 7.18. The Hall–Kier alpha value is -2.09. The molecule has 0 saturated heterocycles. The van der Waals surface area contributed by atoms with Crippen LogP contribution in [-0.4, -0.2) is 40.2 Å². The molecule has 5 nitrogen and oxygen atoms in total. The molecule has 0 unspecified atom stereocenters. The van der Waals surface area contributed by atoms with Crippen molar-refractivity contribution in [3.8, 4) is 5.75 Å². The zero-order valence-corrected chi connectivity index (χ0v) is 15.1. The highest BCUT2D eigenvalue weighted by Gasteiger charge is 2.63. The van der Waals surface area contributed by atoms with E-state index in [0.717, 1.165) is 37.7 Å². The molecule has 0 bridgehead atoms. The van der Waals surface area contributed by atoms with Crippen molar-refractivity contribution in [2.75, 3.05) is 6.61 Å². The molecule has 2 aliphatic rings. The summed E-state index contributed by atoms with van der Waals surface area (Å²) in [6, 6.07) is 6.88. The molecule has 0 radical (unpaired) electrons. The minimum atomic E-state index is -5.01. The van der Waals surface area contributed by atoms with Crippen LogP contribution in [0.2, 0.25) is 0 Å². The van der Waals surface area contributed by atoms with Gasteiger partial charge in [0.25, 0.3) is 11.6 Å². The molecule has 27 heavy (non-hydrogen) atoms. The highest BCUT2D eigenvalue weighted by Crippen LogP contribution is 2.43. The number of hydrogen-bond donors (Lipinski definition) is 1. The van der Waals surface area contributed by atoms with Crippen molar-refractivity contribution in [3.05, 3.63) is 29.8 Å². The first-order valence-electron chi connectivity index (χ1n) is 9.10. The molecule has 1 saturated carbocycles. The summed E-state index contributed by atoms with van der Waals surface area (Å²) in [4.78, 5) is 12.5. The summed E-state index contributed by atoms with van der Waals surface area (Å²) in [6.07, 6.45) is -1.37. The third kappa shape index (κ3) is 3.95. The first kappa shape index (κ1) is 19.7. The van der Waals surface area contributed by atoms with Crippen LogP contribution in [-0.2, 0) is 4.79 Å². The zero-order valence-electron chi connectivity index (χ0n) is 15.1. The molecule has 1 atom stereocenters. The molecule has 1 N–H and O–H groups in total. The van der Waals surface area contributed by atoms with E-state index in [2.05, 4.69) is 5.10 Å². The summed E-state index contributed by atoms with van der Waals surface area (Å²) < 4.78 is 46.1. The Kier molecular flexibility index (Phi) is 5.46. The van der Waals surface area contributed by atoms with Crippen LogP contribution in [0.5, 0.6) is 5.75 Å². The fourth-order valence-corrected chi connectivity index (χ4v) is 3.64. The predicted octanol–water partition coefficient (Wildman–Crippen LogP) is 3.79. The van der Waals surface area contributed by atoms with Gasteiger partial charge in [-0.05, 0) is 37.3 Å². The molecule has 1 fully saturated rings. The Morgan fingerprint density at radius 1 is 1.30 bits per heavy atom. The molecular weight excluding hydrogens is 361 g/mol. The maximum absolute atomic E-state index is 13.6. The van der Waals surface area contributed by atoms with E-state index in [1.165, 1.54) is 0 Å². The fourth-order valence-electron chi connectivity index (χ4n) is 3.64. The number of para-hydroxylation sites is 1. The Morgan fingerprint density at radius 2 is 1.96 bits per heavy atom. The maximum Gasteiger partial charge on any atom is 0.438 e. The number of halogens is 3. The molecule has 3 rings (SSSR count). The number of hydrogen-bond acceptors (Lipinski definition) is 4. The number of carbonyl (C=O) groups is 1. The van der Waals surface area contributed by atoms with Gasteiger partial charge in [-0.1, -0.05) is 37.5 Å². The van der Waals surface area contributed by atoms with Gasteiger partial charge in [0, 0.05) is 12.1 Å². The molecule has 1 aromatic carbocycles. The molecule has 148 valence electrons. The van der Waals surface area contributed by atoms with Crippen molar-refractivity contribution in [2.24, 2.45) is 11.0 Å². The van der Waals surface area contributed by atoms with Gasteiger partial charge in [0.05, 0.1) is 0 Å². The summed E-state index contributed by atoms with van der Waals surface area (Å²) in [5.74, 6) is -0.747. The number of rotatable bonds is 4. The molecule has 1 aliphatic heterocycles. The highest BCUT2D eigenvalue weighted by molar-refractivity contribution is 5.92. The van der Waals surface area contributed by atoms with E-state index >= 15 is 0 Å². The van der Waals surface area contributed by atoms with Crippen molar-refractivity contribution in [3.63, 3.8) is 0 Å². The van der Waals surface area contributed by atoms with E-state index < -0.39 is 30.8 Å². The molecule has 0 aromatic heterocycles. The average Bonchev–Trinajstić information content (AvgIpc) is 3.01. The van der Waals surface area contributed by atoms with Gasteiger partial charge >= 0.3 is 6.18 Å². The lowest BCUT2D eigenvalue weighted by Crippen LogP contribution is -2.57. The summed E-state index contributed by atoms with van der Waals surface area (Å²) >= 11 is 0. The summed E-state index contributed by atoms with van der Waals surface area (Å²) in [5.41, 5.74) is -2.31. The summed E-state index contributed by atoms with van der Waals surface area (Å²) in [7, 11) is 0. The topological polar surface area (TPSA) is 62.1 Å². The number of aliphatic hydroxyl groups is 1. The third-order valence-corrected chi connectivity index (χ3v) is 5.22. The van der Waals surface area contributed by atoms with E-state index in [1.54, 1.807) is 31.2 Å². The van der Waals surface area contributed by atoms with Crippen LogP contribution >= 0.6 is 0 Å². The number of aryl methyl sites for hydroxylation is 1. The smallest absolute Gasteiger partial charge is 0.438 e. The van der Waals surface area contributed by atoms with Crippen LogP contribution in [0.4, 0.5) is 13.2 Å². The van der Waals surface area contributed by atoms with Gasteiger partial charge in [-0.15, -0.1) is 0 Å². The van der Waals surface area contributed by atoms with Crippen LogP contribution in [0.15, 0.2) is 29.4 Å². The van der Waals surface area contributed by atoms with Crippen molar-refractivity contribution >= 4 is 11.6 Å². The Bertz CT molecular complexity index is 729. The highest BCUT2D eigenvalue weighted by atomic mass is 19.4. The van der Waals surface area contributed by atoms with Gasteiger partial charge in [-0.3, -0.25) is 4.79 Å². The predicted molar refractivity (Wildman–Crippen MR) is 93.2 cm³/mol. The number of hydrazone groups is 1. The Balaban J connectivity index is 1.78. The normalized spacial score (nSPS) is 24.0. The molecule has 1 aromatic rings. The second-order valence-corrected chi connectivity index (χ2v) is 7.18. The number of benzene rings is 1. The van der Waals surface area contributed by atoms with Crippen LogP contribution < -0.4 is 4.74 Å². The molecular formula is C19H23F3N2O3. The lowest BCUT2D eigenvalue weighted by atomic mass is 9.83. The molecule has 8 heteroatoms. The van der Waals surface area contributed by atoms with E-state index in [1.807, 2.05) is 0 Å². The molecule has 1 aliphatic carbocycles. The molecule has 1 heterocycles. The van der Waals surface area contributed by atoms with Gasteiger partial charge in [0.2, 0.25) is 0 Å². The van der Waals surface area contributed by atoms with Crippen LogP contribution in [0.1, 0.15) is 44.1 Å². The van der Waals surface area contributed by atoms with Gasteiger partial charge in [0.15, 0.2) is 6.61 Å². The quantitative estimate of drug-likeness (QED) is 0.859. The largest absolute Gasteiger partial charge is 0.483 e. The molecule has 1 amide bonds. The van der Waals surface area contributed by atoms with Crippen molar-refractivity contribution in [1.82, 2.24) is 5.01 Å². The van der Waals surface area contributed by atoms with Gasteiger partial charge in [-0.2, -0.15) is 23.3 Å². The monoisotopic (exact) mass is 384 g/mol. The minimum absolute atomic E-state index is 0.122. The van der Waals surface area contributed by atoms with Crippen molar-refractivity contribution < 1.29 is 27.8 Å². The third-order valence-electron chi connectivity index (χ3n) is 5.22. The number of carbonyl (C=O) groups excluding carboxylic acids is 1. The number of nitrogens with zero attached hydrogens (tertiary/aromatic N) is 2. The minimum Gasteiger partial charge on any atom is -0.483 e. The molecule has 0 spiro atoms. The Morgan fingerprint density at radius 3 is 2.59 bits per heavy atom. The second kappa shape index (κ2) is 7.50. The standard InChI is InChI=1S/C19H23F3N2O3/c1-13-7-5-6-10-16(13)27-12-17(25)24-18(26,19(20,21)22)11-15(23-24)14-8-3-2-4-9-14/h5-7,10,14,26H,2-4,8-9,11-12H2,1H3/t18-/m0/s1. The van der Waals surface area contributed by atoms with E-state index in [0.29, 0.717) is 5.75 Å². The average molecular weight is 384 g/mol. The SMILES string of the molecule is Cc1ccccc1OCC(=O)N1N=C(C2CCCCC2)C[C@]1(O)C(F)(F)F. The van der Waals surface area contributed by atoms with Gasteiger partial charge in [0.1, 0.15) is 5.75 Å². The zero-order chi connectivity index (χ0) is 19.7. The van der Waals surface area contributed by atoms with E-state index in [-0.39, 0.29) is 16.6 Å². The fraction of sp³-hybridized carbons (Fsp3) is 0.579. The number of alkyl halides is 3. The van der Waals surface area contributed by atoms with Gasteiger partial charge in [-0.25, -0.2) is 0 Å². The lowest BCUT2D eigenvalue weighted by molar-refractivity contribution is -0.302. The van der Waals surface area contributed by atoms with Crippen molar-refractivity contribution in [2.45, 2.75) is 57.3 Å². The van der Waals surface area contributed by atoms with Crippen LogP contribution in [0.3, 0.4) is 0 Å². The van der Waals surface area contributed by atoms with Gasteiger partial charge < -0.3 is 9.84 Å². The summed E-state index contributed by atoms with van der Waals surface area (Å²) in [5, 5.41) is 14.4. The summed E-state index contributed by atoms with van der Waals surface area (Å²) in [6.45, 7) is 1.13. The van der Waals surface area contributed by atoms with Crippen LogP contribution in [0.25, 0.3) is 0 Å². The number of amides is 1. The Labute approximate surface area is 155 Å². The maximum atomic E-state index is 13.6. The first-order chi connectivity index (χ1) is 12.7.